The maximum atomic E-state index is 12.6. The van der Waals surface area contributed by atoms with Crippen molar-refractivity contribution in [3.63, 3.8) is 0 Å². The number of carbonyl (C=O) groups is 3. The molecule has 2 amide bonds. The Bertz CT molecular complexity index is 911. The summed E-state index contributed by atoms with van der Waals surface area (Å²) >= 11 is 5.97. The van der Waals surface area contributed by atoms with Crippen LogP contribution in [-0.2, 0) is 14.4 Å². The third-order valence-electron chi connectivity index (χ3n) is 3.53. The van der Waals surface area contributed by atoms with Gasteiger partial charge in [-0.05, 0) is 36.4 Å². The molecule has 7 nitrogen and oxygen atoms in total. The van der Waals surface area contributed by atoms with E-state index in [0.29, 0.717) is 16.3 Å². The number of carboxylic acid groups (broad SMARTS) is 1. The molecule has 0 aliphatic carbocycles. The highest BCUT2D eigenvalue weighted by atomic mass is 35.5. The molecule has 0 bridgehead atoms. The average molecular weight is 373 g/mol. The molecule has 0 spiro atoms. The SMILES string of the molecule is O=C(O)COc1ccc(Cl)cc1C=C1C(=O)NN(c2ccccc2)C1=O. The molecule has 1 fully saturated rings. The molecule has 1 aliphatic heterocycles. The third kappa shape index (κ3) is 3.68. The lowest BCUT2D eigenvalue weighted by Gasteiger charge is -2.14. The highest BCUT2D eigenvalue weighted by Crippen LogP contribution is 2.28. The number of carbonyl (C=O) groups excluding carboxylic acids is 2. The highest BCUT2D eigenvalue weighted by Gasteiger charge is 2.34. The van der Waals surface area contributed by atoms with Crippen LogP contribution in [0.25, 0.3) is 6.08 Å². The van der Waals surface area contributed by atoms with Crippen molar-refractivity contribution >= 4 is 41.1 Å². The molecule has 2 aromatic carbocycles. The van der Waals surface area contributed by atoms with Crippen molar-refractivity contribution < 1.29 is 24.2 Å². The molecular weight excluding hydrogens is 360 g/mol. The predicted octanol–water partition coefficient (Wildman–Crippen LogP) is 2.26. The molecule has 26 heavy (non-hydrogen) atoms. The summed E-state index contributed by atoms with van der Waals surface area (Å²) < 4.78 is 5.19. The van der Waals surface area contributed by atoms with Crippen LogP contribution in [0.3, 0.4) is 0 Å². The maximum Gasteiger partial charge on any atom is 0.341 e. The van der Waals surface area contributed by atoms with E-state index in [0.717, 1.165) is 5.01 Å². The fraction of sp³-hybridized carbons (Fsp3) is 0.0556. The molecule has 0 unspecified atom stereocenters. The minimum absolute atomic E-state index is 0.115. The van der Waals surface area contributed by atoms with Crippen molar-refractivity contribution in [1.29, 1.82) is 0 Å². The smallest absolute Gasteiger partial charge is 0.341 e. The van der Waals surface area contributed by atoms with Crippen LogP contribution in [0.4, 0.5) is 5.69 Å². The van der Waals surface area contributed by atoms with Gasteiger partial charge in [0, 0.05) is 10.6 Å². The topological polar surface area (TPSA) is 95.9 Å². The molecule has 0 atom stereocenters. The van der Waals surface area contributed by atoms with Crippen LogP contribution in [0.15, 0.2) is 54.1 Å². The standard InChI is InChI=1S/C18H13ClN2O5/c19-12-6-7-15(26-10-16(22)23)11(8-12)9-14-17(24)20-21(18(14)25)13-4-2-1-3-5-13/h1-9H,10H2,(H,20,24)(H,22,23). The van der Waals surface area contributed by atoms with Crippen molar-refractivity contribution in [2.45, 2.75) is 0 Å². The summed E-state index contributed by atoms with van der Waals surface area (Å²) in [4.78, 5) is 35.5. The Balaban J connectivity index is 1.94. The number of anilines is 1. The molecule has 1 heterocycles. The average Bonchev–Trinajstić information content (AvgIpc) is 2.90. The van der Waals surface area contributed by atoms with Crippen molar-refractivity contribution in [2.75, 3.05) is 11.6 Å². The van der Waals surface area contributed by atoms with Gasteiger partial charge in [0.2, 0.25) is 0 Å². The number of hydrogen-bond donors (Lipinski definition) is 2. The monoisotopic (exact) mass is 372 g/mol. The summed E-state index contributed by atoms with van der Waals surface area (Å²) in [6.07, 6.45) is 1.32. The van der Waals surface area contributed by atoms with E-state index in [1.807, 2.05) is 0 Å². The Hall–Kier alpha value is -3.32. The van der Waals surface area contributed by atoms with Crippen LogP contribution in [0.1, 0.15) is 5.56 Å². The normalized spacial score (nSPS) is 15.3. The van der Waals surface area contributed by atoms with Gasteiger partial charge in [-0.1, -0.05) is 29.8 Å². The summed E-state index contributed by atoms with van der Waals surface area (Å²) in [6, 6.07) is 13.1. The van der Waals surface area contributed by atoms with Gasteiger partial charge < -0.3 is 9.84 Å². The van der Waals surface area contributed by atoms with Crippen LogP contribution in [0, 0.1) is 0 Å². The van der Waals surface area contributed by atoms with Crippen molar-refractivity contribution in [3.05, 3.63) is 64.7 Å². The van der Waals surface area contributed by atoms with Gasteiger partial charge in [-0.3, -0.25) is 15.0 Å². The first kappa shape index (κ1) is 17.5. The second-order valence-corrected chi connectivity index (χ2v) is 5.78. The molecule has 0 radical (unpaired) electrons. The van der Waals surface area contributed by atoms with Gasteiger partial charge in [-0.2, -0.15) is 0 Å². The number of hydrogen-bond acceptors (Lipinski definition) is 4. The van der Waals surface area contributed by atoms with Gasteiger partial charge in [-0.25, -0.2) is 9.80 Å². The van der Waals surface area contributed by atoms with Crippen LogP contribution < -0.4 is 15.2 Å². The minimum Gasteiger partial charge on any atom is -0.481 e. The molecular formula is C18H13ClN2O5. The van der Waals surface area contributed by atoms with Crippen molar-refractivity contribution in [3.8, 4) is 5.75 Å². The van der Waals surface area contributed by atoms with Gasteiger partial charge in [0.25, 0.3) is 11.8 Å². The second kappa shape index (κ2) is 7.28. The van der Waals surface area contributed by atoms with E-state index in [9.17, 15) is 14.4 Å². The number of hydrazine groups is 1. The highest BCUT2D eigenvalue weighted by molar-refractivity contribution is 6.32. The lowest BCUT2D eigenvalue weighted by atomic mass is 10.1. The first-order valence-corrected chi connectivity index (χ1v) is 7.90. The zero-order chi connectivity index (χ0) is 18.7. The van der Waals surface area contributed by atoms with E-state index in [-0.39, 0.29) is 11.3 Å². The molecule has 132 valence electrons. The molecule has 2 aromatic rings. The molecule has 0 aromatic heterocycles. The number of ether oxygens (including phenoxy) is 1. The Morgan fingerprint density at radius 3 is 2.62 bits per heavy atom. The number of carboxylic acids is 1. The summed E-state index contributed by atoms with van der Waals surface area (Å²) in [7, 11) is 0. The predicted molar refractivity (Wildman–Crippen MR) is 94.6 cm³/mol. The Kier molecular flexibility index (Phi) is 4.90. The van der Waals surface area contributed by atoms with Gasteiger partial charge in [0.1, 0.15) is 11.3 Å². The number of rotatable bonds is 5. The van der Waals surface area contributed by atoms with Crippen LogP contribution in [0.2, 0.25) is 5.02 Å². The van der Waals surface area contributed by atoms with Crippen LogP contribution >= 0.6 is 11.6 Å². The molecule has 1 saturated heterocycles. The second-order valence-electron chi connectivity index (χ2n) is 5.34. The number of benzene rings is 2. The van der Waals surface area contributed by atoms with Gasteiger partial charge >= 0.3 is 5.97 Å². The Morgan fingerprint density at radius 2 is 1.92 bits per heavy atom. The lowest BCUT2D eigenvalue weighted by molar-refractivity contribution is -0.139. The molecule has 1 aliphatic rings. The number of aliphatic carboxylic acids is 1. The summed E-state index contributed by atoms with van der Waals surface area (Å²) in [6.45, 7) is -0.561. The number of halogens is 1. The molecule has 0 saturated carbocycles. The maximum absolute atomic E-state index is 12.6. The minimum atomic E-state index is -1.15. The molecule has 8 heteroatoms. The number of nitrogens with one attached hydrogen (secondary N) is 1. The van der Waals surface area contributed by atoms with E-state index in [1.54, 1.807) is 30.3 Å². The Labute approximate surface area is 153 Å². The lowest BCUT2D eigenvalue weighted by Crippen LogP contribution is -2.35. The van der Waals surface area contributed by atoms with Crippen LogP contribution in [-0.4, -0.2) is 29.5 Å². The summed E-state index contributed by atoms with van der Waals surface area (Å²) in [5.74, 6) is -2.07. The van der Waals surface area contributed by atoms with Crippen LogP contribution in [0.5, 0.6) is 5.75 Å². The van der Waals surface area contributed by atoms with Gasteiger partial charge in [0.05, 0.1) is 5.69 Å². The zero-order valence-corrected chi connectivity index (χ0v) is 14.1. The summed E-state index contributed by atoms with van der Waals surface area (Å²) in [5, 5.41) is 10.2. The van der Waals surface area contributed by atoms with E-state index >= 15 is 0 Å². The first-order valence-electron chi connectivity index (χ1n) is 7.52. The first-order chi connectivity index (χ1) is 12.5. The van der Waals surface area contributed by atoms with E-state index < -0.39 is 24.4 Å². The fourth-order valence-corrected chi connectivity index (χ4v) is 2.56. The fourth-order valence-electron chi connectivity index (χ4n) is 2.37. The van der Waals surface area contributed by atoms with Crippen molar-refractivity contribution in [2.24, 2.45) is 0 Å². The quantitative estimate of drug-likeness (QED) is 0.620. The van der Waals surface area contributed by atoms with E-state index in [4.69, 9.17) is 21.4 Å². The van der Waals surface area contributed by atoms with Crippen molar-refractivity contribution in [1.82, 2.24) is 5.43 Å². The summed E-state index contributed by atoms with van der Waals surface area (Å²) in [5.41, 5.74) is 3.21. The number of amides is 2. The number of nitrogens with zero attached hydrogens (tertiary/aromatic N) is 1. The van der Waals surface area contributed by atoms with E-state index in [2.05, 4.69) is 5.43 Å². The third-order valence-corrected chi connectivity index (χ3v) is 3.76. The zero-order valence-electron chi connectivity index (χ0n) is 13.3. The number of para-hydroxylation sites is 1. The van der Waals surface area contributed by atoms with Gasteiger partial charge in [-0.15, -0.1) is 0 Å². The Morgan fingerprint density at radius 1 is 1.19 bits per heavy atom. The molecule has 2 N–H and O–H groups in total. The van der Waals surface area contributed by atoms with E-state index in [1.165, 1.54) is 24.3 Å². The van der Waals surface area contributed by atoms with Gasteiger partial charge in [0.15, 0.2) is 6.61 Å². The molecule has 3 rings (SSSR count). The largest absolute Gasteiger partial charge is 0.481 e.